The minimum Gasteiger partial charge on any atom is -0.367 e. The summed E-state index contributed by atoms with van der Waals surface area (Å²) in [6.07, 6.45) is 3.73. The number of carbonyl (C=O) groups excluding carboxylic acids is 1. The van der Waals surface area contributed by atoms with Gasteiger partial charge in [-0.2, -0.15) is 0 Å². The van der Waals surface area contributed by atoms with Gasteiger partial charge >= 0.3 is 0 Å². The Morgan fingerprint density at radius 3 is 3.00 bits per heavy atom. The molecule has 0 bridgehead atoms. The molecule has 1 saturated carbocycles. The van der Waals surface area contributed by atoms with E-state index >= 15 is 0 Å². The number of rotatable bonds is 0. The highest BCUT2D eigenvalue weighted by atomic mass is 16.2. The minimum atomic E-state index is -0.160. The van der Waals surface area contributed by atoms with Crippen LogP contribution in [0.2, 0.25) is 0 Å². The summed E-state index contributed by atoms with van der Waals surface area (Å²) in [4.78, 5) is 16.2. The maximum Gasteiger partial charge on any atom is 0.232 e. The Hall–Kier alpha value is -1.58. The summed E-state index contributed by atoms with van der Waals surface area (Å²) < 4.78 is 0. The molecule has 1 aliphatic carbocycles. The maximum absolute atomic E-state index is 11.9. The molecule has 1 amide bonds. The van der Waals surface area contributed by atoms with E-state index in [1.165, 1.54) is 0 Å². The number of hydrogen-bond acceptors (Lipinski definition) is 3. The summed E-state index contributed by atoms with van der Waals surface area (Å²) >= 11 is 0. The highest BCUT2D eigenvalue weighted by Gasteiger charge is 2.51. The van der Waals surface area contributed by atoms with Crippen molar-refractivity contribution < 1.29 is 4.79 Å². The normalized spacial score (nSPS) is 21.3. The Bertz CT molecular complexity index is 437. The molecule has 4 heteroatoms. The zero-order valence-electron chi connectivity index (χ0n) is 8.63. The average Bonchev–Trinajstić information content (AvgIpc) is 3.00. The molecular formula is C11H13N3O. The molecule has 3 rings (SSSR count). The van der Waals surface area contributed by atoms with Crippen molar-refractivity contribution >= 4 is 17.4 Å². The van der Waals surface area contributed by atoms with Crippen LogP contribution in [-0.4, -0.2) is 17.4 Å². The van der Waals surface area contributed by atoms with Crippen LogP contribution >= 0.6 is 0 Å². The molecule has 0 aromatic carbocycles. The van der Waals surface area contributed by atoms with Gasteiger partial charge in [-0.15, -0.1) is 0 Å². The first-order valence-electron chi connectivity index (χ1n) is 5.22. The number of nitrogens with one attached hydrogen (secondary N) is 2. The molecule has 1 fully saturated rings. The summed E-state index contributed by atoms with van der Waals surface area (Å²) in [5.74, 6) is 0.942. The van der Waals surface area contributed by atoms with Crippen LogP contribution in [0, 0.1) is 12.3 Å². The van der Waals surface area contributed by atoms with Gasteiger partial charge in [0.25, 0.3) is 0 Å². The molecule has 0 atom stereocenters. The van der Waals surface area contributed by atoms with Gasteiger partial charge in [0.15, 0.2) is 0 Å². The van der Waals surface area contributed by atoms with E-state index in [0.29, 0.717) is 6.54 Å². The number of fused-ring (bicyclic) bond motifs is 1. The largest absolute Gasteiger partial charge is 0.367 e. The predicted molar refractivity (Wildman–Crippen MR) is 57.8 cm³/mol. The summed E-state index contributed by atoms with van der Waals surface area (Å²) in [6.45, 7) is 2.69. The van der Waals surface area contributed by atoms with Crippen molar-refractivity contribution in [3.8, 4) is 0 Å². The second kappa shape index (κ2) is 2.72. The van der Waals surface area contributed by atoms with E-state index in [0.717, 1.165) is 29.9 Å². The summed E-state index contributed by atoms with van der Waals surface area (Å²) in [7, 11) is 0. The van der Waals surface area contributed by atoms with Crippen LogP contribution in [0.15, 0.2) is 12.3 Å². The lowest BCUT2D eigenvalue weighted by Crippen LogP contribution is -2.27. The monoisotopic (exact) mass is 203 g/mol. The zero-order valence-corrected chi connectivity index (χ0v) is 8.63. The van der Waals surface area contributed by atoms with Crippen LogP contribution in [0.3, 0.4) is 0 Å². The van der Waals surface area contributed by atoms with Crippen LogP contribution in [0.5, 0.6) is 0 Å². The molecule has 0 unspecified atom stereocenters. The molecule has 15 heavy (non-hydrogen) atoms. The van der Waals surface area contributed by atoms with E-state index in [1.807, 2.05) is 13.0 Å². The Morgan fingerprint density at radius 1 is 1.47 bits per heavy atom. The molecule has 1 spiro atoms. The van der Waals surface area contributed by atoms with Gasteiger partial charge in [0, 0.05) is 12.7 Å². The average molecular weight is 203 g/mol. The summed E-state index contributed by atoms with van der Waals surface area (Å²) in [5.41, 5.74) is 1.73. The number of pyridine rings is 1. The first-order valence-corrected chi connectivity index (χ1v) is 5.22. The van der Waals surface area contributed by atoms with E-state index in [9.17, 15) is 4.79 Å². The van der Waals surface area contributed by atoms with Crippen LogP contribution in [0.25, 0.3) is 0 Å². The number of aryl methyl sites for hydroxylation is 1. The highest BCUT2D eigenvalue weighted by molar-refractivity contribution is 6.01. The molecule has 2 aliphatic rings. The van der Waals surface area contributed by atoms with Gasteiger partial charge in [0.1, 0.15) is 5.82 Å². The number of amides is 1. The summed E-state index contributed by atoms with van der Waals surface area (Å²) in [6, 6.07) is 1.91. The Labute approximate surface area is 88.1 Å². The fraction of sp³-hybridized carbons (Fsp3) is 0.455. The van der Waals surface area contributed by atoms with E-state index in [-0.39, 0.29) is 11.3 Å². The molecule has 1 aromatic rings. The van der Waals surface area contributed by atoms with Crippen LogP contribution in [0.1, 0.15) is 18.4 Å². The third kappa shape index (κ3) is 1.21. The molecule has 2 N–H and O–H groups in total. The first-order chi connectivity index (χ1) is 7.21. The molecular weight excluding hydrogens is 190 g/mol. The van der Waals surface area contributed by atoms with Crippen molar-refractivity contribution in [2.75, 3.05) is 17.2 Å². The fourth-order valence-corrected chi connectivity index (χ4v) is 1.98. The van der Waals surface area contributed by atoms with E-state index in [1.54, 1.807) is 6.20 Å². The third-order valence-electron chi connectivity index (χ3n) is 3.33. The zero-order chi connectivity index (χ0) is 10.5. The van der Waals surface area contributed by atoms with Crippen molar-refractivity contribution in [2.45, 2.75) is 19.8 Å². The molecule has 2 heterocycles. The standard InChI is InChI=1S/C11H13N3O/c1-7-2-5-12-9-8(7)14-10(15)11(3-4-11)6-13-9/h2,5H,3-4,6H2,1H3,(H,12,13)(H,14,15). The third-order valence-corrected chi connectivity index (χ3v) is 3.33. The van der Waals surface area contributed by atoms with Gasteiger partial charge in [0.2, 0.25) is 5.91 Å². The van der Waals surface area contributed by atoms with Gasteiger partial charge in [-0.3, -0.25) is 4.79 Å². The summed E-state index contributed by atoms with van der Waals surface area (Å²) in [5, 5.41) is 6.23. The number of hydrogen-bond donors (Lipinski definition) is 2. The molecule has 78 valence electrons. The first kappa shape index (κ1) is 8.71. The van der Waals surface area contributed by atoms with Gasteiger partial charge in [0.05, 0.1) is 11.1 Å². The van der Waals surface area contributed by atoms with Crippen molar-refractivity contribution in [3.05, 3.63) is 17.8 Å². The lowest BCUT2D eigenvalue weighted by Gasteiger charge is -2.09. The molecule has 1 aliphatic heterocycles. The Balaban J connectivity index is 2.04. The van der Waals surface area contributed by atoms with Crippen molar-refractivity contribution in [2.24, 2.45) is 5.41 Å². The minimum absolute atomic E-state index is 0.143. The van der Waals surface area contributed by atoms with Crippen molar-refractivity contribution in [3.63, 3.8) is 0 Å². The quantitative estimate of drug-likeness (QED) is 0.672. The van der Waals surface area contributed by atoms with Gasteiger partial charge in [-0.1, -0.05) is 0 Å². The lowest BCUT2D eigenvalue weighted by atomic mass is 10.1. The molecule has 0 saturated heterocycles. The maximum atomic E-state index is 11.9. The van der Waals surface area contributed by atoms with Crippen LogP contribution in [0.4, 0.5) is 11.5 Å². The molecule has 0 radical (unpaired) electrons. The van der Waals surface area contributed by atoms with Gasteiger partial charge < -0.3 is 10.6 Å². The van der Waals surface area contributed by atoms with Gasteiger partial charge in [-0.25, -0.2) is 4.98 Å². The second-order valence-electron chi connectivity index (χ2n) is 4.44. The lowest BCUT2D eigenvalue weighted by molar-refractivity contribution is -0.120. The Morgan fingerprint density at radius 2 is 2.27 bits per heavy atom. The SMILES string of the molecule is Cc1ccnc2c1NC(=O)C1(CC1)CN2. The van der Waals surface area contributed by atoms with Crippen molar-refractivity contribution in [1.29, 1.82) is 0 Å². The number of anilines is 2. The number of nitrogens with zero attached hydrogens (tertiary/aromatic N) is 1. The molecule has 4 nitrogen and oxygen atoms in total. The fourth-order valence-electron chi connectivity index (χ4n) is 1.98. The van der Waals surface area contributed by atoms with Crippen LogP contribution in [-0.2, 0) is 4.79 Å². The van der Waals surface area contributed by atoms with Crippen molar-refractivity contribution in [1.82, 2.24) is 4.98 Å². The number of carbonyl (C=O) groups is 1. The molecule has 1 aromatic heterocycles. The number of aromatic nitrogens is 1. The Kier molecular flexibility index (Phi) is 1.58. The second-order valence-corrected chi connectivity index (χ2v) is 4.44. The van der Waals surface area contributed by atoms with E-state index < -0.39 is 0 Å². The topological polar surface area (TPSA) is 54.0 Å². The van der Waals surface area contributed by atoms with E-state index in [4.69, 9.17) is 0 Å². The van der Waals surface area contributed by atoms with Crippen LogP contribution < -0.4 is 10.6 Å². The predicted octanol–water partition coefficient (Wildman–Crippen LogP) is 1.53. The van der Waals surface area contributed by atoms with E-state index in [2.05, 4.69) is 15.6 Å². The smallest absolute Gasteiger partial charge is 0.232 e. The highest BCUT2D eigenvalue weighted by Crippen LogP contribution is 2.48. The van der Waals surface area contributed by atoms with Gasteiger partial charge in [-0.05, 0) is 31.4 Å².